The zero-order valence-corrected chi connectivity index (χ0v) is 15.2. The minimum absolute atomic E-state index is 0.298. The molecule has 0 bridgehead atoms. The molecule has 0 spiro atoms. The van der Waals surface area contributed by atoms with Gasteiger partial charge in [-0.15, -0.1) is 0 Å². The van der Waals surface area contributed by atoms with E-state index in [1.807, 2.05) is 19.1 Å². The second kappa shape index (κ2) is 10.1. The largest absolute Gasteiger partial charge is 0.494 e. The Balaban J connectivity index is 1.72. The Morgan fingerprint density at radius 3 is 2.50 bits per heavy atom. The summed E-state index contributed by atoms with van der Waals surface area (Å²) in [5, 5.41) is 3.61. The van der Waals surface area contributed by atoms with E-state index in [4.69, 9.17) is 4.74 Å². The van der Waals surface area contributed by atoms with Gasteiger partial charge in [-0.1, -0.05) is 48.5 Å². The summed E-state index contributed by atoms with van der Waals surface area (Å²) in [5.41, 5.74) is 2.60. The first-order valence-corrected chi connectivity index (χ1v) is 8.88. The minimum atomic E-state index is 0.298. The van der Waals surface area contributed by atoms with E-state index in [-0.39, 0.29) is 0 Å². The molecule has 0 heterocycles. The van der Waals surface area contributed by atoms with Crippen LogP contribution in [0, 0.1) is 0 Å². The van der Waals surface area contributed by atoms with Gasteiger partial charge in [-0.3, -0.25) is 0 Å². The fourth-order valence-corrected chi connectivity index (χ4v) is 2.88. The lowest BCUT2D eigenvalue weighted by molar-refractivity contribution is 0.315. The summed E-state index contributed by atoms with van der Waals surface area (Å²) in [7, 11) is 2.18. The summed E-state index contributed by atoms with van der Waals surface area (Å²) >= 11 is 0. The lowest BCUT2D eigenvalue weighted by atomic mass is 10.1. The monoisotopic (exact) mass is 326 g/mol. The lowest BCUT2D eigenvalue weighted by Crippen LogP contribution is -2.25. The molecular formula is C21H30N2O. The molecule has 0 aliphatic rings. The second-order valence-corrected chi connectivity index (χ2v) is 6.22. The first-order valence-electron chi connectivity index (χ1n) is 8.88. The van der Waals surface area contributed by atoms with Crippen molar-refractivity contribution >= 4 is 0 Å². The number of benzene rings is 2. The Morgan fingerprint density at radius 2 is 1.75 bits per heavy atom. The highest BCUT2D eigenvalue weighted by molar-refractivity contribution is 5.35. The fraction of sp³-hybridized carbons (Fsp3) is 0.429. The Hall–Kier alpha value is -1.84. The quantitative estimate of drug-likeness (QED) is 0.660. The summed E-state index contributed by atoms with van der Waals surface area (Å²) in [6.45, 7) is 8.02. The van der Waals surface area contributed by atoms with E-state index in [0.29, 0.717) is 12.6 Å². The molecular weight excluding hydrogens is 296 g/mol. The van der Waals surface area contributed by atoms with E-state index in [1.54, 1.807) is 0 Å². The molecule has 0 aliphatic carbocycles. The molecule has 2 aromatic rings. The van der Waals surface area contributed by atoms with Gasteiger partial charge in [0, 0.05) is 18.2 Å². The molecule has 2 aromatic carbocycles. The van der Waals surface area contributed by atoms with Gasteiger partial charge in [-0.2, -0.15) is 0 Å². The molecule has 24 heavy (non-hydrogen) atoms. The van der Waals surface area contributed by atoms with Gasteiger partial charge in [0.05, 0.1) is 6.61 Å². The topological polar surface area (TPSA) is 24.5 Å². The van der Waals surface area contributed by atoms with E-state index in [1.165, 1.54) is 11.1 Å². The molecule has 1 unspecified atom stereocenters. The van der Waals surface area contributed by atoms with E-state index >= 15 is 0 Å². The number of rotatable bonds is 10. The third-order valence-corrected chi connectivity index (χ3v) is 4.15. The highest BCUT2D eigenvalue weighted by Gasteiger charge is 2.10. The molecule has 0 amide bonds. The average Bonchev–Trinajstić information content (AvgIpc) is 2.60. The third kappa shape index (κ3) is 5.99. The maximum atomic E-state index is 5.72. The number of hydrogen-bond acceptors (Lipinski definition) is 3. The Labute approximate surface area is 146 Å². The maximum Gasteiger partial charge on any atom is 0.124 e. The van der Waals surface area contributed by atoms with Crippen LogP contribution in [0.25, 0.3) is 0 Å². The predicted octanol–water partition coefficient (Wildman–Crippen LogP) is 4.26. The van der Waals surface area contributed by atoms with Gasteiger partial charge in [-0.25, -0.2) is 0 Å². The normalized spacial score (nSPS) is 12.3. The van der Waals surface area contributed by atoms with Crippen molar-refractivity contribution in [1.82, 2.24) is 10.2 Å². The van der Waals surface area contributed by atoms with E-state index in [9.17, 15) is 0 Å². The van der Waals surface area contributed by atoms with Crippen molar-refractivity contribution in [3.8, 4) is 5.75 Å². The zero-order valence-electron chi connectivity index (χ0n) is 15.2. The number of para-hydroxylation sites is 1. The van der Waals surface area contributed by atoms with Crippen molar-refractivity contribution in [2.24, 2.45) is 0 Å². The van der Waals surface area contributed by atoms with Gasteiger partial charge in [-0.05, 0) is 52.0 Å². The third-order valence-electron chi connectivity index (χ3n) is 4.15. The van der Waals surface area contributed by atoms with Crippen LogP contribution in [0.15, 0.2) is 54.6 Å². The summed E-state index contributed by atoms with van der Waals surface area (Å²) in [6, 6.07) is 19.2. The Morgan fingerprint density at radius 1 is 1.04 bits per heavy atom. The molecule has 0 saturated carbocycles. The zero-order chi connectivity index (χ0) is 17.2. The van der Waals surface area contributed by atoms with Gasteiger partial charge < -0.3 is 15.0 Å². The van der Waals surface area contributed by atoms with Crippen LogP contribution in [-0.2, 0) is 6.54 Å². The lowest BCUT2D eigenvalue weighted by Gasteiger charge is -2.20. The Kier molecular flexibility index (Phi) is 7.80. The summed E-state index contributed by atoms with van der Waals surface area (Å²) in [5.74, 6) is 0.987. The van der Waals surface area contributed by atoms with Crippen LogP contribution in [0.4, 0.5) is 0 Å². The van der Waals surface area contributed by atoms with Gasteiger partial charge in [0.2, 0.25) is 0 Å². The second-order valence-electron chi connectivity index (χ2n) is 6.22. The van der Waals surface area contributed by atoms with Crippen molar-refractivity contribution < 1.29 is 4.74 Å². The highest BCUT2D eigenvalue weighted by Crippen LogP contribution is 2.24. The van der Waals surface area contributed by atoms with Crippen molar-refractivity contribution in [3.63, 3.8) is 0 Å². The van der Waals surface area contributed by atoms with Crippen molar-refractivity contribution in [1.29, 1.82) is 0 Å². The number of nitrogens with one attached hydrogen (secondary N) is 1. The first-order chi connectivity index (χ1) is 11.7. The fourth-order valence-electron chi connectivity index (χ4n) is 2.88. The first kappa shape index (κ1) is 18.5. The van der Waals surface area contributed by atoms with Crippen LogP contribution in [0.1, 0.15) is 37.4 Å². The van der Waals surface area contributed by atoms with Crippen LogP contribution < -0.4 is 10.1 Å². The van der Waals surface area contributed by atoms with Crippen molar-refractivity contribution in [2.45, 2.75) is 32.9 Å². The minimum Gasteiger partial charge on any atom is -0.494 e. The standard InChI is InChI=1S/C21H30N2O/c1-4-24-21-14-9-8-13-20(21)18(2)22-15-10-16-23(3)17-19-11-6-5-7-12-19/h5-9,11-14,18,22H,4,10,15-17H2,1-3H3. The molecule has 3 nitrogen and oxygen atoms in total. The molecule has 1 N–H and O–H groups in total. The molecule has 0 aliphatic heterocycles. The van der Waals surface area contributed by atoms with Gasteiger partial charge >= 0.3 is 0 Å². The van der Waals surface area contributed by atoms with E-state index < -0.39 is 0 Å². The molecule has 0 fully saturated rings. The van der Waals surface area contributed by atoms with Crippen LogP contribution >= 0.6 is 0 Å². The smallest absolute Gasteiger partial charge is 0.124 e. The average molecular weight is 326 g/mol. The predicted molar refractivity (Wildman–Crippen MR) is 101 cm³/mol. The molecule has 2 rings (SSSR count). The van der Waals surface area contributed by atoms with Crippen molar-refractivity contribution in [2.75, 3.05) is 26.7 Å². The molecule has 3 heteroatoms. The van der Waals surface area contributed by atoms with E-state index in [2.05, 4.69) is 66.7 Å². The highest BCUT2D eigenvalue weighted by atomic mass is 16.5. The molecule has 0 radical (unpaired) electrons. The molecule has 1 atom stereocenters. The van der Waals surface area contributed by atoms with Gasteiger partial charge in [0.15, 0.2) is 0 Å². The molecule has 0 aromatic heterocycles. The van der Waals surface area contributed by atoms with Gasteiger partial charge in [0.1, 0.15) is 5.75 Å². The summed E-state index contributed by atoms with van der Waals surface area (Å²) in [6.07, 6.45) is 1.13. The summed E-state index contributed by atoms with van der Waals surface area (Å²) < 4.78 is 5.72. The van der Waals surface area contributed by atoms with Gasteiger partial charge in [0.25, 0.3) is 0 Å². The van der Waals surface area contributed by atoms with Crippen LogP contribution in [-0.4, -0.2) is 31.6 Å². The molecule has 0 saturated heterocycles. The summed E-state index contributed by atoms with van der Waals surface area (Å²) in [4.78, 5) is 2.37. The number of ether oxygens (including phenoxy) is 1. The Bertz CT molecular complexity index is 585. The van der Waals surface area contributed by atoms with Crippen LogP contribution in [0.5, 0.6) is 5.75 Å². The van der Waals surface area contributed by atoms with E-state index in [0.717, 1.165) is 31.8 Å². The van der Waals surface area contributed by atoms with Crippen molar-refractivity contribution in [3.05, 3.63) is 65.7 Å². The number of hydrogen-bond donors (Lipinski definition) is 1. The van der Waals surface area contributed by atoms with Crippen LogP contribution in [0.3, 0.4) is 0 Å². The SMILES string of the molecule is CCOc1ccccc1C(C)NCCCN(C)Cc1ccccc1. The maximum absolute atomic E-state index is 5.72. The number of nitrogens with zero attached hydrogens (tertiary/aromatic N) is 1. The molecule has 130 valence electrons. The van der Waals surface area contributed by atoms with Crippen LogP contribution in [0.2, 0.25) is 0 Å².